The van der Waals surface area contributed by atoms with Crippen LogP contribution in [0.15, 0.2) is 60.3 Å². The Balaban J connectivity index is 2.06. The number of carbonyl (C=O) groups excluding carboxylic acids is 2. The Bertz CT molecular complexity index is 900. The maximum Gasteiger partial charge on any atom is 0.339 e. The topological polar surface area (TPSA) is 117 Å². The largest absolute Gasteiger partial charge is 0.465 e. The van der Waals surface area contributed by atoms with Gasteiger partial charge >= 0.3 is 5.97 Å². The van der Waals surface area contributed by atoms with Gasteiger partial charge in [-0.2, -0.15) is 5.26 Å². The van der Waals surface area contributed by atoms with E-state index in [4.69, 9.17) is 5.73 Å². The van der Waals surface area contributed by atoms with Crippen molar-refractivity contribution in [2.24, 2.45) is 5.73 Å². The number of benzene rings is 2. The van der Waals surface area contributed by atoms with Crippen LogP contribution in [0.1, 0.15) is 21.5 Å². The molecule has 0 spiro atoms. The van der Waals surface area contributed by atoms with Crippen LogP contribution in [-0.2, 0) is 22.6 Å². The van der Waals surface area contributed by atoms with Gasteiger partial charge in [-0.15, -0.1) is 0 Å². The first-order valence-corrected chi connectivity index (χ1v) is 8.19. The zero-order valence-electron chi connectivity index (χ0n) is 14.9. The van der Waals surface area contributed by atoms with Crippen molar-refractivity contribution in [3.05, 3.63) is 77.0 Å². The van der Waals surface area contributed by atoms with Gasteiger partial charge in [0.25, 0.3) is 5.91 Å². The first kappa shape index (κ1) is 19.7. The van der Waals surface area contributed by atoms with Gasteiger partial charge in [-0.1, -0.05) is 36.4 Å². The maximum absolute atomic E-state index is 12.3. The number of carbonyl (C=O) groups is 2. The third kappa shape index (κ3) is 5.42. The van der Waals surface area contributed by atoms with Crippen molar-refractivity contribution in [3.8, 4) is 6.07 Å². The van der Waals surface area contributed by atoms with Crippen LogP contribution >= 0.6 is 0 Å². The van der Waals surface area contributed by atoms with E-state index in [0.29, 0.717) is 13.1 Å². The third-order valence-electron chi connectivity index (χ3n) is 3.73. The third-order valence-corrected chi connectivity index (χ3v) is 3.73. The van der Waals surface area contributed by atoms with Crippen LogP contribution in [0, 0.1) is 11.3 Å². The zero-order chi connectivity index (χ0) is 19.6. The number of nitrogens with one attached hydrogen (secondary N) is 2. The minimum absolute atomic E-state index is 0.121. The second-order valence-corrected chi connectivity index (χ2v) is 5.57. The fourth-order valence-electron chi connectivity index (χ4n) is 2.36. The molecule has 2 rings (SSSR count). The van der Waals surface area contributed by atoms with Gasteiger partial charge in [0.15, 0.2) is 0 Å². The number of methoxy groups -OCH3 is 1. The van der Waals surface area contributed by atoms with Gasteiger partial charge in [0.2, 0.25) is 0 Å². The van der Waals surface area contributed by atoms with Crippen LogP contribution in [0.5, 0.6) is 0 Å². The number of nitrogens with zero attached hydrogens (tertiary/aromatic N) is 1. The molecular weight excluding hydrogens is 344 g/mol. The summed E-state index contributed by atoms with van der Waals surface area (Å²) < 4.78 is 4.69. The molecule has 2 aromatic carbocycles. The molecule has 0 radical (unpaired) electrons. The molecule has 0 aliphatic carbocycles. The molecule has 1 amide bonds. The van der Waals surface area contributed by atoms with Gasteiger partial charge < -0.3 is 21.1 Å². The van der Waals surface area contributed by atoms with E-state index in [1.54, 1.807) is 18.2 Å². The summed E-state index contributed by atoms with van der Waals surface area (Å²) in [6.45, 7) is 0.875. The standard InChI is InChI=1S/C20H20N4O3/c1-27-20(26)17-7-2-3-8-18(17)24-19(25)16(11-22)13-23-12-15-6-4-5-14(9-15)10-21/h2-9,13,23H,10,12,21H2,1H3,(H,24,25)/b16-13-. The Morgan fingerprint density at radius 3 is 2.63 bits per heavy atom. The van der Waals surface area contributed by atoms with Crippen LogP contribution in [-0.4, -0.2) is 19.0 Å². The van der Waals surface area contributed by atoms with Crippen molar-refractivity contribution in [2.75, 3.05) is 12.4 Å². The average molecular weight is 364 g/mol. The second kappa shape index (κ2) is 9.75. The second-order valence-electron chi connectivity index (χ2n) is 5.57. The quantitative estimate of drug-likeness (QED) is 0.393. The van der Waals surface area contributed by atoms with Gasteiger partial charge in [-0.05, 0) is 23.3 Å². The summed E-state index contributed by atoms with van der Waals surface area (Å²) in [5.74, 6) is -1.21. The molecular formula is C20H20N4O3. The normalized spacial score (nSPS) is 10.6. The molecule has 0 aromatic heterocycles. The predicted octanol–water partition coefficient (Wildman–Crippen LogP) is 2.07. The first-order valence-electron chi connectivity index (χ1n) is 8.19. The molecule has 0 heterocycles. The van der Waals surface area contributed by atoms with Gasteiger partial charge in [-0.3, -0.25) is 4.79 Å². The van der Waals surface area contributed by atoms with Crippen LogP contribution in [0.2, 0.25) is 0 Å². The fraction of sp³-hybridized carbons (Fsp3) is 0.150. The molecule has 27 heavy (non-hydrogen) atoms. The summed E-state index contributed by atoms with van der Waals surface area (Å²) in [6.07, 6.45) is 1.34. The van der Waals surface area contributed by atoms with E-state index in [1.165, 1.54) is 19.4 Å². The molecule has 0 aliphatic rings. The number of ether oxygens (including phenoxy) is 1. The van der Waals surface area contributed by atoms with Gasteiger partial charge in [0.05, 0.1) is 18.4 Å². The molecule has 0 aliphatic heterocycles. The lowest BCUT2D eigenvalue weighted by molar-refractivity contribution is -0.112. The number of hydrogen-bond acceptors (Lipinski definition) is 6. The van der Waals surface area contributed by atoms with Crippen molar-refractivity contribution in [1.82, 2.24) is 5.32 Å². The van der Waals surface area contributed by atoms with Crippen LogP contribution in [0.25, 0.3) is 0 Å². The van der Waals surface area contributed by atoms with Crippen molar-refractivity contribution >= 4 is 17.6 Å². The number of esters is 1. The highest BCUT2D eigenvalue weighted by Crippen LogP contribution is 2.16. The minimum atomic E-state index is -0.628. The molecule has 0 fully saturated rings. The van der Waals surface area contributed by atoms with Crippen molar-refractivity contribution in [1.29, 1.82) is 5.26 Å². The van der Waals surface area contributed by atoms with Crippen molar-refractivity contribution in [3.63, 3.8) is 0 Å². The molecule has 7 nitrogen and oxygen atoms in total. The predicted molar refractivity (Wildman–Crippen MR) is 101 cm³/mol. The van der Waals surface area contributed by atoms with Crippen molar-refractivity contribution in [2.45, 2.75) is 13.1 Å². The summed E-state index contributed by atoms with van der Waals surface area (Å²) >= 11 is 0. The molecule has 4 N–H and O–H groups in total. The highest BCUT2D eigenvalue weighted by atomic mass is 16.5. The van der Waals surface area contributed by atoms with E-state index in [2.05, 4.69) is 15.4 Å². The molecule has 138 valence electrons. The number of para-hydroxylation sites is 1. The number of nitrogens with two attached hydrogens (primary N) is 1. The molecule has 0 atom stereocenters. The summed E-state index contributed by atoms with van der Waals surface area (Å²) in [7, 11) is 1.26. The summed E-state index contributed by atoms with van der Waals surface area (Å²) in [4.78, 5) is 24.1. The van der Waals surface area contributed by atoms with E-state index < -0.39 is 11.9 Å². The molecule has 0 unspecified atom stereocenters. The van der Waals surface area contributed by atoms with Gasteiger partial charge in [-0.25, -0.2) is 4.79 Å². The van der Waals surface area contributed by atoms with E-state index in [0.717, 1.165) is 11.1 Å². The SMILES string of the molecule is COC(=O)c1ccccc1NC(=O)/C(C#N)=C\NCc1cccc(CN)c1. The Morgan fingerprint density at radius 1 is 1.19 bits per heavy atom. The van der Waals surface area contributed by atoms with Gasteiger partial charge in [0, 0.05) is 19.3 Å². The number of hydrogen-bond donors (Lipinski definition) is 3. The lowest BCUT2D eigenvalue weighted by Gasteiger charge is -2.09. The fourth-order valence-corrected chi connectivity index (χ4v) is 2.36. The molecule has 0 saturated heterocycles. The Morgan fingerprint density at radius 2 is 1.93 bits per heavy atom. The number of anilines is 1. The Hall–Kier alpha value is -3.63. The smallest absolute Gasteiger partial charge is 0.339 e. The minimum Gasteiger partial charge on any atom is -0.465 e. The highest BCUT2D eigenvalue weighted by molar-refractivity contribution is 6.09. The summed E-state index contributed by atoms with van der Waals surface area (Å²) in [6, 6.07) is 15.9. The van der Waals surface area contributed by atoms with E-state index in [9.17, 15) is 14.9 Å². The first-order chi connectivity index (χ1) is 13.1. The van der Waals surface area contributed by atoms with E-state index >= 15 is 0 Å². The number of amides is 1. The van der Waals surface area contributed by atoms with Crippen LogP contribution in [0.3, 0.4) is 0 Å². The monoisotopic (exact) mass is 364 g/mol. The average Bonchev–Trinajstić information content (AvgIpc) is 2.71. The summed E-state index contributed by atoms with van der Waals surface area (Å²) in [5.41, 5.74) is 7.94. The lowest BCUT2D eigenvalue weighted by atomic mass is 10.1. The van der Waals surface area contributed by atoms with E-state index in [1.807, 2.05) is 30.3 Å². The molecule has 2 aromatic rings. The maximum atomic E-state index is 12.3. The molecule has 0 saturated carbocycles. The number of rotatable bonds is 7. The zero-order valence-corrected chi connectivity index (χ0v) is 14.9. The Labute approximate surface area is 157 Å². The van der Waals surface area contributed by atoms with Crippen molar-refractivity contribution < 1.29 is 14.3 Å². The number of nitriles is 1. The highest BCUT2D eigenvalue weighted by Gasteiger charge is 2.15. The lowest BCUT2D eigenvalue weighted by Crippen LogP contribution is -2.18. The van der Waals surface area contributed by atoms with Gasteiger partial charge in [0.1, 0.15) is 11.6 Å². The molecule has 7 heteroatoms. The van der Waals surface area contributed by atoms with Crippen LogP contribution < -0.4 is 16.4 Å². The Kier molecular flexibility index (Phi) is 7.11. The summed E-state index contributed by atoms with van der Waals surface area (Å²) in [5, 5.41) is 14.7. The van der Waals surface area contributed by atoms with E-state index in [-0.39, 0.29) is 16.8 Å². The molecule has 0 bridgehead atoms. The van der Waals surface area contributed by atoms with Crippen LogP contribution in [0.4, 0.5) is 5.69 Å².